The molecule has 6 nitrogen and oxygen atoms in total. The molecular formula is C23H20BrN5OS. The Morgan fingerprint density at radius 2 is 1.81 bits per heavy atom. The highest BCUT2D eigenvalue weighted by molar-refractivity contribution is 9.10. The van der Waals surface area contributed by atoms with Crippen LogP contribution >= 0.6 is 27.7 Å². The van der Waals surface area contributed by atoms with Gasteiger partial charge in [0.2, 0.25) is 5.91 Å². The number of anilines is 1. The predicted octanol–water partition coefficient (Wildman–Crippen LogP) is 5.44. The zero-order valence-corrected chi connectivity index (χ0v) is 19.4. The maximum Gasteiger partial charge on any atom is 0.234 e. The third-order valence-corrected chi connectivity index (χ3v) is 5.93. The fourth-order valence-electron chi connectivity index (χ4n) is 3.24. The molecule has 0 aliphatic carbocycles. The van der Waals surface area contributed by atoms with Gasteiger partial charge in [-0.2, -0.15) is 0 Å². The number of carbonyl (C=O) groups is 1. The Kier molecular flexibility index (Phi) is 6.48. The lowest BCUT2D eigenvalue weighted by Gasteiger charge is -2.11. The number of aryl methyl sites for hydroxylation is 2. The Hall–Kier alpha value is -2.97. The van der Waals surface area contributed by atoms with E-state index in [1.54, 1.807) is 12.4 Å². The lowest BCUT2D eigenvalue weighted by molar-refractivity contribution is -0.113. The van der Waals surface area contributed by atoms with Gasteiger partial charge in [-0.1, -0.05) is 33.8 Å². The van der Waals surface area contributed by atoms with Gasteiger partial charge in [0.15, 0.2) is 11.0 Å². The van der Waals surface area contributed by atoms with E-state index >= 15 is 0 Å². The highest BCUT2D eigenvalue weighted by Gasteiger charge is 2.17. The van der Waals surface area contributed by atoms with Crippen LogP contribution in [0.4, 0.5) is 5.69 Å². The number of aromatic nitrogens is 4. The van der Waals surface area contributed by atoms with E-state index in [9.17, 15) is 4.79 Å². The van der Waals surface area contributed by atoms with E-state index < -0.39 is 0 Å². The van der Waals surface area contributed by atoms with Crippen LogP contribution in [0.1, 0.15) is 11.1 Å². The molecule has 1 N–H and O–H groups in total. The van der Waals surface area contributed by atoms with Crippen molar-refractivity contribution in [3.05, 3.63) is 82.6 Å². The van der Waals surface area contributed by atoms with Gasteiger partial charge < -0.3 is 5.32 Å². The van der Waals surface area contributed by atoms with Crippen molar-refractivity contribution in [1.29, 1.82) is 0 Å². The molecule has 2 aromatic heterocycles. The Morgan fingerprint density at radius 3 is 2.48 bits per heavy atom. The van der Waals surface area contributed by atoms with Crippen molar-refractivity contribution in [1.82, 2.24) is 19.7 Å². The Morgan fingerprint density at radius 1 is 1.06 bits per heavy atom. The van der Waals surface area contributed by atoms with Crippen molar-refractivity contribution in [3.8, 4) is 17.1 Å². The largest absolute Gasteiger partial charge is 0.325 e. The van der Waals surface area contributed by atoms with Gasteiger partial charge in [0.05, 0.1) is 5.75 Å². The smallest absolute Gasteiger partial charge is 0.234 e. The van der Waals surface area contributed by atoms with Gasteiger partial charge in [-0.15, -0.1) is 10.2 Å². The number of rotatable bonds is 6. The first-order chi connectivity index (χ1) is 15.0. The van der Waals surface area contributed by atoms with E-state index in [1.807, 2.05) is 66.9 Å². The third kappa shape index (κ3) is 5.21. The van der Waals surface area contributed by atoms with Crippen molar-refractivity contribution in [2.45, 2.75) is 19.0 Å². The molecule has 2 heterocycles. The highest BCUT2D eigenvalue weighted by atomic mass is 79.9. The zero-order valence-electron chi connectivity index (χ0n) is 17.0. The van der Waals surface area contributed by atoms with E-state index in [4.69, 9.17) is 0 Å². The topological polar surface area (TPSA) is 72.7 Å². The van der Waals surface area contributed by atoms with Crippen LogP contribution in [0.2, 0.25) is 0 Å². The van der Waals surface area contributed by atoms with Crippen LogP contribution in [0, 0.1) is 13.8 Å². The van der Waals surface area contributed by atoms with Crippen molar-refractivity contribution >= 4 is 39.3 Å². The summed E-state index contributed by atoms with van der Waals surface area (Å²) in [4.78, 5) is 16.8. The maximum atomic E-state index is 12.6. The minimum absolute atomic E-state index is 0.0942. The molecule has 0 bridgehead atoms. The molecule has 0 saturated heterocycles. The number of hydrogen-bond donors (Lipinski definition) is 1. The predicted molar refractivity (Wildman–Crippen MR) is 128 cm³/mol. The summed E-state index contributed by atoms with van der Waals surface area (Å²) in [6.07, 6.45) is 3.47. The van der Waals surface area contributed by atoms with Gasteiger partial charge in [-0.25, -0.2) is 0 Å². The van der Waals surface area contributed by atoms with Gasteiger partial charge in [-0.3, -0.25) is 14.3 Å². The second-order valence-electron chi connectivity index (χ2n) is 7.07. The molecule has 31 heavy (non-hydrogen) atoms. The molecule has 0 radical (unpaired) electrons. The van der Waals surface area contributed by atoms with Gasteiger partial charge in [0.25, 0.3) is 0 Å². The number of nitrogens with zero attached hydrogens (tertiary/aromatic N) is 4. The van der Waals surface area contributed by atoms with Crippen molar-refractivity contribution in [2.24, 2.45) is 0 Å². The van der Waals surface area contributed by atoms with Crippen LogP contribution in [-0.4, -0.2) is 31.4 Å². The second-order valence-corrected chi connectivity index (χ2v) is 8.93. The summed E-state index contributed by atoms with van der Waals surface area (Å²) in [6.45, 7) is 4.02. The molecule has 0 aliphatic rings. The number of amides is 1. The van der Waals surface area contributed by atoms with Crippen LogP contribution in [0.25, 0.3) is 17.1 Å². The molecular weight excluding hydrogens is 474 g/mol. The fraction of sp³-hybridized carbons (Fsp3) is 0.130. The van der Waals surface area contributed by atoms with Crippen LogP contribution in [0.5, 0.6) is 0 Å². The van der Waals surface area contributed by atoms with Crippen molar-refractivity contribution in [2.75, 3.05) is 11.1 Å². The summed E-state index contributed by atoms with van der Waals surface area (Å²) in [6, 6.07) is 17.7. The standard InChI is InChI=1S/C23H20BrN5OS/c1-15-10-16(2)12-19(11-15)26-21(30)14-31-23-28-27-22(17-4-3-9-25-13-17)29(23)20-7-5-18(24)6-8-20/h3-13H,14H2,1-2H3,(H,26,30). The lowest BCUT2D eigenvalue weighted by Crippen LogP contribution is -2.14. The van der Waals surface area contributed by atoms with E-state index in [0.29, 0.717) is 11.0 Å². The lowest BCUT2D eigenvalue weighted by atomic mass is 10.1. The highest BCUT2D eigenvalue weighted by Crippen LogP contribution is 2.28. The molecule has 2 aromatic carbocycles. The minimum atomic E-state index is -0.0942. The number of benzene rings is 2. The minimum Gasteiger partial charge on any atom is -0.325 e. The molecule has 4 aromatic rings. The summed E-state index contributed by atoms with van der Waals surface area (Å²) in [5.74, 6) is 0.797. The van der Waals surface area contributed by atoms with E-state index in [0.717, 1.165) is 32.5 Å². The number of halogens is 1. The van der Waals surface area contributed by atoms with Gasteiger partial charge in [0, 0.05) is 33.8 Å². The molecule has 0 spiro atoms. The molecule has 0 saturated carbocycles. The average Bonchev–Trinajstić information content (AvgIpc) is 3.17. The molecule has 0 aliphatic heterocycles. The van der Waals surface area contributed by atoms with E-state index in [1.165, 1.54) is 11.8 Å². The van der Waals surface area contributed by atoms with Crippen molar-refractivity contribution < 1.29 is 4.79 Å². The van der Waals surface area contributed by atoms with Crippen LogP contribution < -0.4 is 5.32 Å². The quantitative estimate of drug-likeness (QED) is 0.362. The summed E-state index contributed by atoms with van der Waals surface area (Å²) in [7, 11) is 0. The summed E-state index contributed by atoms with van der Waals surface area (Å²) < 4.78 is 2.92. The number of pyridine rings is 1. The molecule has 156 valence electrons. The molecule has 1 amide bonds. The molecule has 0 unspecified atom stereocenters. The first kappa shape index (κ1) is 21.3. The number of hydrogen-bond acceptors (Lipinski definition) is 5. The van der Waals surface area contributed by atoms with Gasteiger partial charge in [0.1, 0.15) is 0 Å². The summed E-state index contributed by atoms with van der Waals surface area (Å²) >= 11 is 4.82. The first-order valence-electron chi connectivity index (χ1n) is 9.62. The molecule has 8 heteroatoms. The van der Waals surface area contributed by atoms with Crippen LogP contribution in [-0.2, 0) is 4.79 Å². The first-order valence-corrected chi connectivity index (χ1v) is 11.4. The fourth-order valence-corrected chi connectivity index (χ4v) is 4.26. The SMILES string of the molecule is Cc1cc(C)cc(NC(=O)CSc2nnc(-c3cccnc3)n2-c2ccc(Br)cc2)c1. The summed E-state index contributed by atoms with van der Waals surface area (Å²) in [5, 5.41) is 12.3. The van der Waals surface area contributed by atoms with E-state index in [-0.39, 0.29) is 11.7 Å². The second kappa shape index (κ2) is 9.45. The van der Waals surface area contributed by atoms with E-state index in [2.05, 4.69) is 42.5 Å². The molecule has 0 fully saturated rings. The van der Waals surface area contributed by atoms with Crippen LogP contribution in [0.15, 0.2) is 76.6 Å². The number of carbonyl (C=O) groups excluding carboxylic acids is 1. The zero-order chi connectivity index (χ0) is 21.8. The van der Waals surface area contributed by atoms with Gasteiger partial charge in [-0.05, 0) is 73.5 Å². The van der Waals surface area contributed by atoms with Crippen LogP contribution in [0.3, 0.4) is 0 Å². The normalized spacial score (nSPS) is 10.8. The monoisotopic (exact) mass is 493 g/mol. The molecule has 0 atom stereocenters. The Bertz CT molecular complexity index is 1190. The Balaban J connectivity index is 1.58. The third-order valence-electron chi connectivity index (χ3n) is 4.48. The summed E-state index contributed by atoms with van der Waals surface area (Å²) in [5.41, 5.74) is 4.78. The van der Waals surface area contributed by atoms with Crippen molar-refractivity contribution in [3.63, 3.8) is 0 Å². The Labute approximate surface area is 193 Å². The van der Waals surface area contributed by atoms with Gasteiger partial charge >= 0.3 is 0 Å². The average molecular weight is 494 g/mol. The molecule has 4 rings (SSSR count). The number of thioether (sulfide) groups is 1. The number of nitrogens with one attached hydrogen (secondary N) is 1. The maximum absolute atomic E-state index is 12.6.